The molecular weight excluding hydrogens is 166 g/mol. The number of hydrogen-bond acceptors (Lipinski definition) is 2. The minimum Gasteiger partial charge on any atom is -0.335 e. The van der Waals surface area contributed by atoms with E-state index in [1.807, 2.05) is 0 Å². The highest BCUT2D eigenvalue weighted by Crippen LogP contribution is 2.51. The average Bonchev–Trinajstić information content (AvgIpc) is 2.43. The van der Waals surface area contributed by atoms with Gasteiger partial charge < -0.3 is 4.90 Å². The van der Waals surface area contributed by atoms with E-state index in [-0.39, 0.29) is 18.1 Å². The van der Waals surface area contributed by atoms with Crippen LogP contribution >= 0.6 is 0 Å². The molecule has 2 fully saturated rings. The van der Waals surface area contributed by atoms with Crippen LogP contribution in [0.25, 0.3) is 0 Å². The predicted molar refractivity (Wildman–Crippen MR) is 48.1 cm³/mol. The van der Waals surface area contributed by atoms with Gasteiger partial charge in [0.25, 0.3) is 0 Å². The maximum atomic E-state index is 11.3. The molecule has 1 saturated carbocycles. The molecule has 0 bridgehead atoms. The Morgan fingerprint density at radius 1 is 1.46 bits per heavy atom. The number of ketones is 1. The lowest BCUT2D eigenvalue weighted by atomic mass is 10.1. The molecule has 1 saturated heterocycles. The summed E-state index contributed by atoms with van der Waals surface area (Å²) in [4.78, 5) is 23.9. The van der Waals surface area contributed by atoms with Gasteiger partial charge in [-0.25, -0.2) is 0 Å². The van der Waals surface area contributed by atoms with Crippen LogP contribution in [0.15, 0.2) is 0 Å². The number of hydrogen-bond donors (Lipinski definition) is 0. The van der Waals surface area contributed by atoms with Gasteiger partial charge in [-0.05, 0) is 17.8 Å². The van der Waals surface area contributed by atoms with Crippen molar-refractivity contribution in [1.29, 1.82) is 0 Å². The smallest absolute Gasteiger partial charge is 0.230 e. The molecule has 0 radical (unpaired) electrons. The maximum absolute atomic E-state index is 11.3. The third kappa shape index (κ3) is 1.60. The predicted octanol–water partition coefficient (Wildman–Crippen LogP) is 0.834. The van der Waals surface area contributed by atoms with Crippen molar-refractivity contribution in [3.05, 3.63) is 0 Å². The molecule has 1 aliphatic heterocycles. The molecule has 3 heteroatoms. The molecule has 1 aliphatic carbocycles. The summed E-state index contributed by atoms with van der Waals surface area (Å²) in [5.41, 5.74) is 0.395. The number of nitrogens with zero attached hydrogens (tertiary/aromatic N) is 1. The third-order valence-electron chi connectivity index (χ3n) is 3.23. The Morgan fingerprint density at radius 3 is 2.46 bits per heavy atom. The summed E-state index contributed by atoms with van der Waals surface area (Å²) in [6.07, 6.45) is 1.32. The number of carbonyl (C=O) groups excluding carboxylic acids is 2. The molecule has 1 unspecified atom stereocenters. The van der Waals surface area contributed by atoms with Crippen molar-refractivity contribution >= 4 is 11.7 Å². The standard InChI is InChI=1S/C10H15NO2/c1-10(2)4-7(10)5-11-6-8(12)3-9(11)13/h7H,3-6H2,1-2H3. The second-order valence-corrected chi connectivity index (χ2v) is 4.88. The molecule has 3 nitrogen and oxygen atoms in total. The van der Waals surface area contributed by atoms with E-state index in [9.17, 15) is 9.59 Å². The molecule has 0 aromatic rings. The lowest BCUT2D eigenvalue weighted by Gasteiger charge is -2.15. The first-order chi connectivity index (χ1) is 5.99. The Morgan fingerprint density at radius 2 is 2.08 bits per heavy atom. The van der Waals surface area contributed by atoms with E-state index in [0.717, 1.165) is 6.54 Å². The van der Waals surface area contributed by atoms with Crippen molar-refractivity contribution in [2.24, 2.45) is 11.3 Å². The van der Waals surface area contributed by atoms with E-state index in [1.54, 1.807) is 4.90 Å². The van der Waals surface area contributed by atoms with Gasteiger partial charge in [-0.1, -0.05) is 13.8 Å². The second kappa shape index (κ2) is 2.56. The second-order valence-electron chi connectivity index (χ2n) is 4.88. The zero-order valence-corrected chi connectivity index (χ0v) is 8.17. The highest BCUT2D eigenvalue weighted by Gasteiger charge is 2.47. The van der Waals surface area contributed by atoms with Crippen molar-refractivity contribution in [2.45, 2.75) is 26.7 Å². The topological polar surface area (TPSA) is 37.4 Å². The number of Topliss-reactive ketones (excluding diaryl/α,β-unsaturated/α-hetero) is 1. The average molecular weight is 181 g/mol. The first-order valence-electron chi connectivity index (χ1n) is 4.78. The number of likely N-dealkylation sites (tertiary alicyclic amines) is 1. The zero-order chi connectivity index (χ0) is 9.64. The minimum absolute atomic E-state index is 0.0210. The Balaban J connectivity index is 1.90. The Hall–Kier alpha value is -0.860. The van der Waals surface area contributed by atoms with Gasteiger partial charge >= 0.3 is 0 Å². The molecule has 1 amide bonds. The minimum atomic E-state index is 0.0210. The van der Waals surface area contributed by atoms with Gasteiger partial charge in [-0.3, -0.25) is 9.59 Å². The SMILES string of the molecule is CC1(C)CC1CN1CC(=O)CC1=O. The van der Waals surface area contributed by atoms with Crippen LogP contribution in [0.4, 0.5) is 0 Å². The molecule has 0 N–H and O–H groups in total. The molecule has 1 heterocycles. The van der Waals surface area contributed by atoms with Gasteiger partial charge in [0.1, 0.15) is 0 Å². The molecule has 0 aromatic carbocycles. The summed E-state index contributed by atoms with van der Waals surface area (Å²) in [6, 6.07) is 0. The van der Waals surface area contributed by atoms with E-state index in [2.05, 4.69) is 13.8 Å². The van der Waals surface area contributed by atoms with Crippen LogP contribution in [0.5, 0.6) is 0 Å². The van der Waals surface area contributed by atoms with Crippen LogP contribution in [0, 0.1) is 11.3 Å². The zero-order valence-electron chi connectivity index (χ0n) is 8.17. The summed E-state index contributed by atoms with van der Waals surface area (Å²) in [7, 11) is 0. The first kappa shape index (κ1) is 8.73. The largest absolute Gasteiger partial charge is 0.335 e. The van der Waals surface area contributed by atoms with Crippen LogP contribution in [0.2, 0.25) is 0 Å². The molecule has 1 atom stereocenters. The van der Waals surface area contributed by atoms with Crippen molar-refractivity contribution in [1.82, 2.24) is 4.90 Å². The lowest BCUT2D eigenvalue weighted by Crippen LogP contribution is -2.28. The summed E-state index contributed by atoms with van der Waals surface area (Å²) in [5.74, 6) is 0.707. The van der Waals surface area contributed by atoms with Crippen molar-refractivity contribution in [2.75, 3.05) is 13.1 Å². The monoisotopic (exact) mass is 181 g/mol. The Bertz CT molecular complexity index is 270. The van der Waals surface area contributed by atoms with Gasteiger partial charge in [-0.15, -0.1) is 0 Å². The van der Waals surface area contributed by atoms with Crippen LogP contribution < -0.4 is 0 Å². The van der Waals surface area contributed by atoms with Gasteiger partial charge in [0.05, 0.1) is 13.0 Å². The molecule has 0 aromatic heterocycles. The highest BCUT2D eigenvalue weighted by molar-refractivity contribution is 6.05. The molecular formula is C10H15NO2. The molecule has 13 heavy (non-hydrogen) atoms. The van der Waals surface area contributed by atoms with E-state index < -0.39 is 0 Å². The Labute approximate surface area is 78.1 Å². The number of amides is 1. The van der Waals surface area contributed by atoms with Gasteiger partial charge in [0.2, 0.25) is 5.91 Å². The van der Waals surface area contributed by atoms with Crippen LogP contribution in [0.3, 0.4) is 0 Å². The van der Waals surface area contributed by atoms with Crippen LogP contribution in [0.1, 0.15) is 26.7 Å². The fraction of sp³-hybridized carbons (Fsp3) is 0.800. The molecule has 2 rings (SSSR count). The van der Waals surface area contributed by atoms with Gasteiger partial charge in [-0.2, -0.15) is 0 Å². The summed E-state index contributed by atoms with van der Waals surface area (Å²) < 4.78 is 0. The van der Waals surface area contributed by atoms with Crippen molar-refractivity contribution in [3.63, 3.8) is 0 Å². The highest BCUT2D eigenvalue weighted by atomic mass is 16.2. The lowest BCUT2D eigenvalue weighted by molar-refractivity contribution is -0.128. The molecule has 72 valence electrons. The maximum Gasteiger partial charge on any atom is 0.230 e. The number of rotatable bonds is 2. The molecule has 2 aliphatic rings. The van der Waals surface area contributed by atoms with Crippen LogP contribution in [-0.4, -0.2) is 29.7 Å². The summed E-state index contributed by atoms with van der Waals surface area (Å²) in [6.45, 7) is 5.56. The van der Waals surface area contributed by atoms with Crippen molar-refractivity contribution in [3.8, 4) is 0 Å². The van der Waals surface area contributed by atoms with E-state index >= 15 is 0 Å². The van der Waals surface area contributed by atoms with Crippen LogP contribution in [-0.2, 0) is 9.59 Å². The van der Waals surface area contributed by atoms with E-state index in [1.165, 1.54) is 6.42 Å². The van der Waals surface area contributed by atoms with Crippen molar-refractivity contribution < 1.29 is 9.59 Å². The Kier molecular flexibility index (Phi) is 1.72. The van der Waals surface area contributed by atoms with Gasteiger partial charge in [0.15, 0.2) is 5.78 Å². The normalized spacial score (nSPS) is 31.2. The number of carbonyl (C=O) groups is 2. The first-order valence-corrected chi connectivity index (χ1v) is 4.78. The summed E-state index contributed by atoms with van der Waals surface area (Å²) >= 11 is 0. The molecule has 0 spiro atoms. The fourth-order valence-electron chi connectivity index (χ4n) is 1.96. The fourth-order valence-corrected chi connectivity index (χ4v) is 1.96. The van der Waals surface area contributed by atoms with E-state index in [0.29, 0.717) is 17.9 Å². The summed E-state index contributed by atoms with van der Waals surface area (Å²) in [5, 5.41) is 0. The quantitative estimate of drug-likeness (QED) is 0.592. The third-order valence-corrected chi connectivity index (χ3v) is 3.23. The van der Waals surface area contributed by atoms with E-state index in [4.69, 9.17) is 0 Å². The van der Waals surface area contributed by atoms with Gasteiger partial charge in [0, 0.05) is 6.54 Å².